The average Bonchev–Trinajstić information content (AvgIpc) is 3.10. The molecular formula is C17H28N4O3. The van der Waals surface area contributed by atoms with Crippen LogP contribution in [0.15, 0.2) is 4.52 Å². The molecule has 7 nitrogen and oxygen atoms in total. The zero-order chi connectivity index (χ0) is 16.9. The molecule has 2 aliphatic rings. The van der Waals surface area contributed by atoms with Gasteiger partial charge in [-0.15, -0.1) is 0 Å². The van der Waals surface area contributed by atoms with Gasteiger partial charge in [0.1, 0.15) is 0 Å². The Labute approximate surface area is 143 Å². The van der Waals surface area contributed by atoms with E-state index in [1.165, 1.54) is 0 Å². The van der Waals surface area contributed by atoms with E-state index in [1.54, 1.807) is 0 Å². The predicted octanol–water partition coefficient (Wildman–Crippen LogP) is 1.65. The van der Waals surface area contributed by atoms with Crippen LogP contribution in [0.5, 0.6) is 0 Å². The molecule has 1 aromatic rings. The third-order valence-electron chi connectivity index (χ3n) is 4.99. The second-order valence-corrected chi connectivity index (χ2v) is 6.75. The molecule has 2 aliphatic heterocycles. The maximum Gasteiger partial charge on any atom is 0.243 e. The summed E-state index contributed by atoms with van der Waals surface area (Å²) in [5.74, 6) is 1.78. The van der Waals surface area contributed by atoms with Crippen molar-refractivity contribution in [2.45, 2.75) is 45.6 Å². The lowest BCUT2D eigenvalue weighted by Crippen LogP contribution is -2.48. The van der Waals surface area contributed by atoms with Crippen molar-refractivity contribution in [1.29, 1.82) is 0 Å². The zero-order valence-corrected chi connectivity index (χ0v) is 14.7. The summed E-state index contributed by atoms with van der Waals surface area (Å²) in [6.45, 7) is 8.67. The minimum Gasteiger partial charge on any atom is -0.378 e. The number of ether oxygens (including phenoxy) is 1. The first-order valence-corrected chi connectivity index (χ1v) is 9.12. The summed E-state index contributed by atoms with van der Waals surface area (Å²) in [6, 6.07) is 0.0587. The largest absolute Gasteiger partial charge is 0.378 e. The smallest absolute Gasteiger partial charge is 0.243 e. The molecule has 0 aromatic carbocycles. The number of aromatic nitrogens is 2. The van der Waals surface area contributed by atoms with Crippen molar-refractivity contribution in [1.82, 2.24) is 19.9 Å². The highest BCUT2D eigenvalue weighted by atomic mass is 16.5. The maximum atomic E-state index is 12.7. The van der Waals surface area contributed by atoms with E-state index in [4.69, 9.17) is 9.26 Å². The molecule has 3 rings (SSSR count). The fourth-order valence-electron chi connectivity index (χ4n) is 3.52. The van der Waals surface area contributed by atoms with Gasteiger partial charge in [-0.1, -0.05) is 12.1 Å². The second kappa shape index (κ2) is 8.07. The van der Waals surface area contributed by atoms with Crippen LogP contribution in [-0.2, 0) is 16.0 Å². The molecule has 134 valence electrons. The maximum absolute atomic E-state index is 12.7. The van der Waals surface area contributed by atoms with E-state index >= 15 is 0 Å². The Hall–Kier alpha value is -1.47. The summed E-state index contributed by atoms with van der Waals surface area (Å²) in [6.07, 6.45) is 3.84. The minimum absolute atomic E-state index is 0.0587. The Bertz CT molecular complexity index is 542. The molecule has 0 unspecified atom stereocenters. The number of aryl methyl sites for hydroxylation is 1. The number of piperidine rings is 1. The normalized spacial score (nSPS) is 24.1. The van der Waals surface area contributed by atoms with Gasteiger partial charge in [0.2, 0.25) is 11.8 Å². The van der Waals surface area contributed by atoms with E-state index < -0.39 is 0 Å². The standard InChI is InChI=1S/C17H28N4O3/c1-3-5-15-18-16(24-19-15)13(2)21-7-4-6-14(12-21)17(22)20-8-10-23-11-9-20/h13-14H,3-12H2,1-2H3/t13-,14-/m1/s1. The first-order chi connectivity index (χ1) is 11.7. The van der Waals surface area contributed by atoms with Gasteiger partial charge in [0.25, 0.3) is 0 Å². The molecule has 0 aliphatic carbocycles. The first kappa shape index (κ1) is 17.4. The van der Waals surface area contributed by atoms with Crippen molar-refractivity contribution in [2.75, 3.05) is 39.4 Å². The van der Waals surface area contributed by atoms with E-state index in [1.807, 2.05) is 4.90 Å². The molecule has 0 spiro atoms. The lowest BCUT2D eigenvalue weighted by atomic mass is 9.95. The SMILES string of the molecule is CCCc1noc([C@@H](C)N2CCC[C@@H](C(=O)N3CCOCC3)C2)n1. The van der Waals surface area contributed by atoms with Gasteiger partial charge < -0.3 is 14.2 Å². The number of morpholine rings is 1. The van der Waals surface area contributed by atoms with Gasteiger partial charge in [-0.05, 0) is 32.7 Å². The summed E-state index contributed by atoms with van der Waals surface area (Å²) < 4.78 is 10.8. The van der Waals surface area contributed by atoms with Gasteiger partial charge in [0.15, 0.2) is 5.82 Å². The van der Waals surface area contributed by atoms with E-state index in [0.29, 0.717) is 19.1 Å². The highest BCUT2D eigenvalue weighted by molar-refractivity contribution is 5.79. The fraction of sp³-hybridized carbons (Fsp3) is 0.824. The van der Waals surface area contributed by atoms with Gasteiger partial charge in [-0.25, -0.2) is 0 Å². The van der Waals surface area contributed by atoms with Gasteiger partial charge in [-0.3, -0.25) is 9.69 Å². The van der Waals surface area contributed by atoms with E-state index in [0.717, 1.165) is 57.7 Å². The van der Waals surface area contributed by atoms with Crippen LogP contribution in [0.4, 0.5) is 0 Å². The predicted molar refractivity (Wildman–Crippen MR) is 88.4 cm³/mol. The van der Waals surface area contributed by atoms with Crippen molar-refractivity contribution in [3.63, 3.8) is 0 Å². The molecule has 3 heterocycles. The Morgan fingerprint density at radius 2 is 2.12 bits per heavy atom. The van der Waals surface area contributed by atoms with Crippen LogP contribution in [0, 0.1) is 5.92 Å². The van der Waals surface area contributed by atoms with Crippen molar-refractivity contribution in [3.8, 4) is 0 Å². The summed E-state index contributed by atoms with van der Waals surface area (Å²) in [5.41, 5.74) is 0. The monoisotopic (exact) mass is 336 g/mol. The second-order valence-electron chi connectivity index (χ2n) is 6.75. The molecule has 1 amide bonds. The van der Waals surface area contributed by atoms with Crippen LogP contribution in [0.2, 0.25) is 0 Å². The van der Waals surface area contributed by atoms with E-state index in [9.17, 15) is 4.79 Å². The summed E-state index contributed by atoms with van der Waals surface area (Å²) in [4.78, 5) is 21.5. The molecule has 24 heavy (non-hydrogen) atoms. The molecule has 0 radical (unpaired) electrons. The van der Waals surface area contributed by atoms with E-state index in [-0.39, 0.29) is 17.9 Å². The molecular weight excluding hydrogens is 308 g/mol. The lowest BCUT2D eigenvalue weighted by molar-refractivity contribution is -0.141. The van der Waals surface area contributed by atoms with Crippen molar-refractivity contribution < 1.29 is 14.1 Å². The molecule has 0 N–H and O–H groups in total. The van der Waals surface area contributed by atoms with Crippen LogP contribution >= 0.6 is 0 Å². The number of rotatable bonds is 5. The third-order valence-corrected chi connectivity index (χ3v) is 4.99. The number of hydrogen-bond donors (Lipinski definition) is 0. The molecule has 0 saturated carbocycles. The molecule has 7 heteroatoms. The third kappa shape index (κ3) is 3.95. The molecule has 0 bridgehead atoms. The highest BCUT2D eigenvalue weighted by Crippen LogP contribution is 2.27. The fourth-order valence-corrected chi connectivity index (χ4v) is 3.52. The first-order valence-electron chi connectivity index (χ1n) is 9.12. The van der Waals surface area contributed by atoms with Crippen LogP contribution in [0.25, 0.3) is 0 Å². The number of carbonyl (C=O) groups is 1. The topological polar surface area (TPSA) is 71.7 Å². The van der Waals surface area contributed by atoms with Crippen molar-refractivity contribution >= 4 is 5.91 Å². The summed E-state index contributed by atoms with van der Waals surface area (Å²) in [7, 11) is 0. The average molecular weight is 336 g/mol. The Morgan fingerprint density at radius 3 is 2.88 bits per heavy atom. The quantitative estimate of drug-likeness (QED) is 0.814. The molecule has 2 fully saturated rings. The Morgan fingerprint density at radius 1 is 1.33 bits per heavy atom. The van der Waals surface area contributed by atoms with Gasteiger partial charge in [0.05, 0.1) is 25.2 Å². The van der Waals surface area contributed by atoms with Crippen LogP contribution in [0.1, 0.15) is 50.9 Å². The van der Waals surface area contributed by atoms with E-state index in [2.05, 4.69) is 28.9 Å². The molecule has 1 aromatic heterocycles. The number of amides is 1. The number of nitrogens with zero attached hydrogens (tertiary/aromatic N) is 4. The Kier molecular flexibility index (Phi) is 5.84. The van der Waals surface area contributed by atoms with Gasteiger partial charge in [0, 0.05) is 26.1 Å². The lowest BCUT2D eigenvalue weighted by Gasteiger charge is -2.37. The van der Waals surface area contributed by atoms with Gasteiger partial charge in [-0.2, -0.15) is 4.98 Å². The van der Waals surface area contributed by atoms with Crippen molar-refractivity contribution in [3.05, 3.63) is 11.7 Å². The molecule has 2 saturated heterocycles. The number of hydrogen-bond acceptors (Lipinski definition) is 6. The zero-order valence-electron chi connectivity index (χ0n) is 14.7. The Balaban J connectivity index is 1.60. The van der Waals surface area contributed by atoms with Gasteiger partial charge >= 0.3 is 0 Å². The number of carbonyl (C=O) groups excluding carboxylic acids is 1. The summed E-state index contributed by atoms with van der Waals surface area (Å²) >= 11 is 0. The summed E-state index contributed by atoms with van der Waals surface area (Å²) in [5, 5.41) is 4.05. The van der Waals surface area contributed by atoms with Crippen LogP contribution < -0.4 is 0 Å². The van der Waals surface area contributed by atoms with Crippen LogP contribution in [-0.4, -0.2) is 65.2 Å². The minimum atomic E-state index is 0.0587. The number of likely N-dealkylation sites (tertiary alicyclic amines) is 1. The molecule has 2 atom stereocenters. The highest BCUT2D eigenvalue weighted by Gasteiger charge is 2.33. The van der Waals surface area contributed by atoms with Crippen molar-refractivity contribution in [2.24, 2.45) is 5.92 Å². The van der Waals surface area contributed by atoms with Crippen LogP contribution in [0.3, 0.4) is 0 Å².